The molecule has 2 amide bonds. The Morgan fingerprint density at radius 1 is 1.28 bits per heavy atom. The standard InChI is InChI=1S/C13H17N3O2/c1-16(2)13(18)8-3-5-9(6-4-8)15-12(17)10-7-11(10)14/h3-6,10-11H,7,14H2,1-2H3,(H,15,17). The maximum Gasteiger partial charge on any atom is 0.253 e. The Morgan fingerprint density at radius 2 is 1.83 bits per heavy atom. The van der Waals surface area contributed by atoms with E-state index in [-0.39, 0.29) is 23.8 Å². The number of amides is 2. The van der Waals surface area contributed by atoms with Crippen molar-refractivity contribution in [2.75, 3.05) is 19.4 Å². The van der Waals surface area contributed by atoms with E-state index in [0.29, 0.717) is 11.3 Å². The van der Waals surface area contributed by atoms with Gasteiger partial charge >= 0.3 is 0 Å². The van der Waals surface area contributed by atoms with Gasteiger partial charge in [0.1, 0.15) is 0 Å². The zero-order valence-electron chi connectivity index (χ0n) is 10.5. The van der Waals surface area contributed by atoms with Crippen molar-refractivity contribution in [1.29, 1.82) is 0 Å². The molecule has 1 aromatic rings. The van der Waals surface area contributed by atoms with E-state index in [1.807, 2.05) is 0 Å². The first-order valence-corrected chi connectivity index (χ1v) is 5.87. The van der Waals surface area contributed by atoms with Gasteiger partial charge in [0.25, 0.3) is 5.91 Å². The molecule has 96 valence electrons. The first kappa shape index (κ1) is 12.6. The van der Waals surface area contributed by atoms with E-state index in [4.69, 9.17) is 5.73 Å². The number of hydrogen-bond acceptors (Lipinski definition) is 3. The highest BCUT2D eigenvalue weighted by atomic mass is 16.2. The molecular formula is C13H17N3O2. The molecule has 3 N–H and O–H groups in total. The molecule has 0 bridgehead atoms. The zero-order chi connectivity index (χ0) is 13.3. The largest absolute Gasteiger partial charge is 0.345 e. The fraction of sp³-hybridized carbons (Fsp3) is 0.385. The summed E-state index contributed by atoms with van der Waals surface area (Å²) in [5.74, 6) is -0.167. The SMILES string of the molecule is CN(C)C(=O)c1ccc(NC(=O)C2CC2N)cc1. The molecule has 5 nitrogen and oxygen atoms in total. The van der Waals surface area contributed by atoms with Crippen LogP contribution in [0.5, 0.6) is 0 Å². The Morgan fingerprint density at radius 3 is 2.28 bits per heavy atom. The van der Waals surface area contributed by atoms with Crippen molar-refractivity contribution in [2.45, 2.75) is 12.5 Å². The normalized spacial score (nSPS) is 21.3. The topological polar surface area (TPSA) is 75.4 Å². The van der Waals surface area contributed by atoms with Gasteiger partial charge in [-0.2, -0.15) is 0 Å². The number of hydrogen-bond donors (Lipinski definition) is 2. The lowest BCUT2D eigenvalue weighted by molar-refractivity contribution is -0.117. The van der Waals surface area contributed by atoms with Gasteiger partial charge in [-0.1, -0.05) is 0 Å². The summed E-state index contributed by atoms with van der Waals surface area (Å²) >= 11 is 0. The molecule has 1 aliphatic rings. The molecule has 0 saturated heterocycles. The summed E-state index contributed by atoms with van der Waals surface area (Å²) in [5, 5.41) is 2.79. The van der Waals surface area contributed by atoms with Crippen molar-refractivity contribution in [2.24, 2.45) is 11.7 Å². The van der Waals surface area contributed by atoms with Gasteiger partial charge in [-0.05, 0) is 30.7 Å². The van der Waals surface area contributed by atoms with Gasteiger partial charge in [0.2, 0.25) is 5.91 Å². The van der Waals surface area contributed by atoms with Crippen LogP contribution in [0.2, 0.25) is 0 Å². The molecule has 1 aromatic carbocycles. The minimum absolute atomic E-state index is 0.000378. The van der Waals surface area contributed by atoms with Crippen molar-refractivity contribution in [1.82, 2.24) is 4.90 Å². The Hall–Kier alpha value is -1.88. The second kappa shape index (κ2) is 4.78. The third-order valence-electron chi connectivity index (χ3n) is 2.98. The number of nitrogens with zero attached hydrogens (tertiary/aromatic N) is 1. The number of anilines is 1. The van der Waals surface area contributed by atoms with E-state index >= 15 is 0 Å². The lowest BCUT2D eigenvalue weighted by Gasteiger charge is -2.10. The van der Waals surface area contributed by atoms with Gasteiger partial charge in [0.05, 0.1) is 5.92 Å². The van der Waals surface area contributed by atoms with Gasteiger partial charge < -0.3 is 16.0 Å². The third-order valence-corrected chi connectivity index (χ3v) is 2.98. The van der Waals surface area contributed by atoms with Gasteiger partial charge in [0.15, 0.2) is 0 Å². The van der Waals surface area contributed by atoms with Crippen LogP contribution >= 0.6 is 0 Å². The van der Waals surface area contributed by atoms with E-state index in [9.17, 15) is 9.59 Å². The summed E-state index contributed by atoms with van der Waals surface area (Å²) in [6.45, 7) is 0. The molecule has 1 aliphatic carbocycles. The molecule has 0 aromatic heterocycles. The average Bonchev–Trinajstić information content (AvgIpc) is 3.06. The highest BCUT2D eigenvalue weighted by Gasteiger charge is 2.39. The molecule has 2 unspecified atom stereocenters. The second-order valence-electron chi connectivity index (χ2n) is 4.77. The highest BCUT2D eigenvalue weighted by Crippen LogP contribution is 2.29. The van der Waals surface area contributed by atoms with E-state index in [0.717, 1.165) is 6.42 Å². The summed E-state index contributed by atoms with van der Waals surface area (Å²) in [7, 11) is 3.40. The maximum absolute atomic E-state index is 11.7. The van der Waals surface area contributed by atoms with Crippen molar-refractivity contribution in [3.05, 3.63) is 29.8 Å². The minimum Gasteiger partial charge on any atom is -0.345 e. The van der Waals surface area contributed by atoms with Crippen LogP contribution in [0.1, 0.15) is 16.8 Å². The first-order valence-electron chi connectivity index (χ1n) is 5.87. The van der Waals surface area contributed by atoms with Crippen LogP contribution in [0.15, 0.2) is 24.3 Å². The molecule has 5 heteroatoms. The molecule has 1 saturated carbocycles. The Kier molecular flexibility index (Phi) is 3.34. The van der Waals surface area contributed by atoms with Crippen LogP contribution in [0.25, 0.3) is 0 Å². The predicted molar refractivity (Wildman–Crippen MR) is 69.2 cm³/mol. The summed E-state index contributed by atoms with van der Waals surface area (Å²) in [6.07, 6.45) is 0.753. The first-order chi connectivity index (χ1) is 8.49. The average molecular weight is 247 g/mol. The molecule has 0 radical (unpaired) electrons. The van der Waals surface area contributed by atoms with Gasteiger partial charge in [-0.3, -0.25) is 9.59 Å². The molecule has 0 spiro atoms. The number of rotatable bonds is 3. The molecule has 2 atom stereocenters. The lowest BCUT2D eigenvalue weighted by atomic mass is 10.2. The smallest absolute Gasteiger partial charge is 0.253 e. The summed E-state index contributed by atoms with van der Waals surface area (Å²) in [5.41, 5.74) is 6.89. The highest BCUT2D eigenvalue weighted by molar-refractivity contribution is 5.97. The van der Waals surface area contributed by atoms with Crippen molar-refractivity contribution >= 4 is 17.5 Å². The van der Waals surface area contributed by atoms with Crippen LogP contribution < -0.4 is 11.1 Å². The van der Waals surface area contributed by atoms with E-state index in [1.165, 1.54) is 4.90 Å². The molecule has 0 aliphatic heterocycles. The number of nitrogens with two attached hydrogens (primary N) is 1. The van der Waals surface area contributed by atoms with Gasteiger partial charge in [0, 0.05) is 31.4 Å². The molecule has 0 heterocycles. The molecule has 2 rings (SSSR count). The molecular weight excluding hydrogens is 230 g/mol. The lowest BCUT2D eigenvalue weighted by Crippen LogP contribution is -2.22. The summed E-state index contributed by atoms with van der Waals surface area (Å²) in [6, 6.07) is 6.85. The number of benzene rings is 1. The number of nitrogens with one attached hydrogen (secondary N) is 1. The number of carbonyl (C=O) groups excluding carboxylic acids is 2. The Labute approximate surface area is 106 Å². The van der Waals surface area contributed by atoms with Crippen LogP contribution in [0.4, 0.5) is 5.69 Å². The summed E-state index contributed by atoms with van der Waals surface area (Å²) in [4.78, 5) is 24.8. The van der Waals surface area contributed by atoms with Gasteiger partial charge in [-0.25, -0.2) is 0 Å². The molecule has 18 heavy (non-hydrogen) atoms. The fourth-order valence-corrected chi connectivity index (χ4v) is 1.71. The predicted octanol–water partition coefficient (Wildman–Crippen LogP) is 0.674. The van der Waals surface area contributed by atoms with Crippen LogP contribution in [-0.4, -0.2) is 36.9 Å². The quantitative estimate of drug-likeness (QED) is 0.824. The fourth-order valence-electron chi connectivity index (χ4n) is 1.71. The second-order valence-corrected chi connectivity index (χ2v) is 4.77. The van der Waals surface area contributed by atoms with E-state index in [2.05, 4.69) is 5.32 Å². The van der Waals surface area contributed by atoms with Crippen LogP contribution in [0.3, 0.4) is 0 Å². The van der Waals surface area contributed by atoms with Gasteiger partial charge in [-0.15, -0.1) is 0 Å². The molecule has 1 fully saturated rings. The summed E-state index contributed by atoms with van der Waals surface area (Å²) < 4.78 is 0. The van der Waals surface area contributed by atoms with Crippen molar-refractivity contribution in [3.63, 3.8) is 0 Å². The number of carbonyl (C=O) groups is 2. The van der Waals surface area contributed by atoms with Crippen molar-refractivity contribution in [3.8, 4) is 0 Å². The third kappa shape index (κ3) is 2.68. The Bertz CT molecular complexity index is 468. The maximum atomic E-state index is 11.7. The van der Waals surface area contributed by atoms with Crippen LogP contribution in [-0.2, 0) is 4.79 Å². The minimum atomic E-state index is -0.0620. The Balaban J connectivity index is 1.99. The van der Waals surface area contributed by atoms with Crippen LogP contribution in [0, 0.1) is 5.92 Å². The van der Waals surface area contributed by atoms with E-state index < -0.39 is 0 Å². The van der Waals surface area contributed by atoms with E-state index in [1.54, 1.807) is 38.4 Å². The zero-order valence-corrected chi connectivity index (χ0v) is 10.5. The van der Waals surface area contributed by atoms with Crippen molar-refractivity contribution < 1.29 is 9.59 Å². The monoisotopic (exact) mass is 247 g/mol.